The summed E-state index contributed by atoms with van der Waals surface area (Å²) >= 11 is 0. The van der Waals surface area contributed by atoms with Crippen LogP contribution in [0.1, 0.15) is 26.7 Å². The highest BCUT2D eigenvalue weighted by atomic mass is 15.3. The Morgan fingerprint density at radius 1 is 1.30 bits per heavy atom. The minimum atomic E-state index is 0.611. The molecule has 0 aliphatic heterocycles. The first-order valence-corrected chi connectivity index (χ1v) is 7.16. The van der Waals surface area contributed by atoms with Crippen molar-refractivity contribution in [2.45, 2.75) is 32.7 Å². The molecule has 0 aliphatic rings. The van der Waals surface area contributed by atoms with E-state index in [2.05, 4.69) is 46.2 Å². The molecule has 20 heavy (non-hydrogen) atoms. The molecule has 0 radical (unpaired) electrons. The van der Waals surface area contributed by atoms with Crippen LogP contribution in [0.3, 0.4) is 0 Å². The Kier molecular flexibility index (Phi) is 4.89. The first kappa shape index (κ1) is 14.7. The Labute approximate surface area is 120 Å². The molecule has 2 rings (SSSR count). The molecule has 2 aromatic rings. The first-order chi connectivity index (χ1) is 9.59. The molecule has 0 spiro atoms. The van der Waals surface area contributed by atoms with Gasteiger partial charge in [-0.1, -0.05) is 0 Å². The minimum Gasteiger partial charge on any atom is -0.369 e. The van der Waals surface area contributed by atoms with Gasteiger partial charge in [0.25, 0.3) is 0 Å². The molecule has 0 atom stereocenters. The van der Waals surface area contributed by atoms with Gasteiger partial charge in [0.1, 0.15) is 12.1 Å². The van der Waals surface area contributed by atoms with E-state index in [-0.39, 0.29) is 0 Å². The van der Waals surface area contributed by atoms with Crippen molar-refractivity contribution in [1.29, 1.82) is 0 Å². The maximum absolute atomic E-state index is 4.30. The summed E-state index contributed by atoms with van der Waals surface area (Å²) in [5.41, 5.74) is 0.863. The lowest BCUT2D eigenvalue weighted by Crippen LogP contribution is -2.27. The summed E-state index contributed by atoms with van der Waals surface area (Å²) in [6.07, 6.45) is 5.70. The summed E-state index contributed by atoms with van der Waals surface area (Å²) in [6.45, 7) is 6.49. The van der Waals surface area contributed by atoms with Crippen LogP contribution in [-0.2, 0) is 7.05 Å². The van der Waals surface area contributed by atoms with E-state index in [1.165, 1.54) is 6.42 Å². The van der Waals surface area contributed by atoms with Crippen LogP contribution < -0.4 is 5.32 Å². The summed E-state index contributed by atoms with van der Waals surface area (Å²) in [5.74, 6) is 0.875. The van der Waals surface area contributed by atoms with Gasteiger partial charge in [-0.25, -0.2) is 9.97 Å². The zero-order chi connectivity index (χ0) is 14.5. The zero-order valence-corrected chi connectivity index (χ0v) is 12.8. The number of hydrogen-bond acceptors (Lipinski definition) is 5. The van der Waals surface area contributed by atoms with Crippen LogP contribution in [-0.4, -0.2) is 50.8 Å². The quantitative estimate of drug-likeness (QED) is 0.783. The van der Waals surface area contributed by atoms with Crippen LogP contribution in [0.5, 0.6) is 0 Å². The molecule has 110 valence electrons. The van der Waals surface area contributed by atoms with Gasteiger partial charge < -0.3 is 10.2 Å². The predicted molar refractivity (Wildman–Crippen MR) is 81.8 cm³/mol. The number of unbranched alkanes of at least 4 members (excludes halogenated alkanes) is 1. The number of hydrogen-bond donors (Lipinski definition) is 1. The second-order valence-electron chi connectivity index (χ2n) is 5.44. The van der Waals surface area contributed by atoms with Gasteiger partial charge >= 0.3 is 0 Å². The van der Waals surface area contributed by atoms with Gasteiger partial charge in [-0.3, -0.25) is 4.68 Å². The SMILES string of the molecule is CC(C)N(C)CCCCNc1ncnc2c1cnn2C. The average Bonchev–Trinajstić information content (AvgIpc) is 2.81. The lowest BCUT2D eigenvalue weighted by molar-refractivity contribution is 0.269. The average molecular weight is 276 g/mol. The first-order valence-electron chi connectivity index (χ1n) is 7.16. The van der Waals surface area contributed by atoms with Crippen LogP contribution in [0.15, 0.2) is 12.5 Å². The van der Waals surface area contributed by atoms with Gasteiger partial charge in [0.05, 0.1) is 11.6 Å². The number of anilines is 1. The van der Waals surface area contributed by atoms with Crippen molar-refractivity contribution in [2.24, 2.45) is 7.05 Å². The van der Waals surface area contributed by atoms with Crippen LogP contribution in [0.2, 0.25) is 0 Å². The normalized spacial score (nSPS) is 11.7. The fraction of sp³-hybridized carbons (Fsp3) is 0.643. The molecule has 0 aromatic carbocycles. The molecule has 0 amide bonds. The molecule has 0 fully saturated rings. The maximum Gasteiger partial charge on any atom is 0.163 e. The summed E-state index contributed by atoms with van der Waals surface area (Å²) in [7, 11) is 4.06. The molecule has 6 heteroatoms. The second-order valence-corrected chi connectivity index (χ2v) is 5.44. The molecule has 0 aliphatic carbocycles. The topological polar surface area (TPSA) is 58.9 Å². The van der Waals surface area contributed by atoms with Gasteiger partial charge in [-0.2, -0.15) is 5.10 Å². The van der Waals surface area contributed by atoms with Crippen molar-refractivity contribution >= 4 is 16.9 Å². The van der Waals surface area contributed by atoms with E-state index >= 15 is 0 Å². The number of nitrogens with one attached hydrogen (secondary N) is 1. The minimum absolute atomic E-state index is 0.611. The molecular weight excluding hydrogens is 252 g/mol. The van der Waals surface area contributed by atoms with Gasteiger partial charge in [0.15, 0.2) is 5.65 Å². The second kappa shape index (κ2) is 6.65. The highest BCUT2D eigenvalue weighted by Crippen LogP contribution is 2.17. The smallest absolute Gasteiger partial charge is 0.163 e. The Bertz CT molecular complexity index is 548. The highest BCUT2D eigenvalue weighted by Gasteiger charge is 2.07. The molecule has 6 nitrogen and oxygen atoms in total. The van der Waals surface area contributed by atoms with Crippen molar-refractivity contribution in [2.75, 3.05) is 25.5 Å². The molecule has 2 heterocycles. The molecular formula is C14H24N6. The van der Waals surface area contributed by atoms with Crippen molar-refractivity contribution in [1.82, 2.24) is 24.6 Å². The van der Waals surface area contributed by atoms with Crippen molar-refractivity contribution in [3.63, 3.8) is 0 Å². The van der Waals surface area contributed by atoms with Crippen molar-refractivity contribution in [3.8, 4) is 0 Å². The monoisotopic (exact) mass is 276 g/mol. The summed E-state index contributed by atoms with van der Waals surface area (Å²) in [6, 6.07) is 0.611. The Balaban J connectivity index is 1.82. The van der Waals surface area contributed by atoms with Crippen LogP contribution in [0, 0.1) is 0 Å². The van der Waals surface area contributed by atoms with Crippen LogP contribution >= 0.6 is 0 Å². The zero-order valence-electron chi connectivity index (χ0n) is 12.8. The Morgan fingerprint density at radius 3 is 2.85 bits per heavy atom. The highest BCUT2D eigenvalue weighted by molar-refractivity contribution is 5.85. The summed E-state index contributed by atoms with van der Waals surface area (Å²) in [4.78, 5) is 10.9. The van der Waals surface area contributed by atoms with Gasteiger partial charge in [0, 0.05) is 19.6 Å². The summed E-state index contributed by atoms with van der Waals surface area (Å²) in [5, 5.41) is 8.57. The number of aromatic nitrogens is 4. The predicted octanol–water partition coefficient (Wildman–Crippen LogP) is 1.90. The molecule has 0 saturated heterocycles. The lowest BCUT2D eigenvalue weighted by atomic mass is 10.2. The lowest BCUT2D eigenvalue weighted by Gasteiger charge is -2.20. The van der Waals surface area contributed by atoms with E-state index in [1.807, 2.05) is 13.2 Å². The number of rotatable bonds is 7. The fourth-order valence-electron chi connectivity index (χ4n) is 2.05. The maximum atomic E-state index is 4.30. The third-order valence-electron chi connectivity index (χ3n) is 3.64. The molecule has 2 aromatic heterocycles. The van der Waals surface area contributed by atoms with Crippen molar-refractivity contribution in [3.05, 3.63) is 12.5 Å². The molecule has 0 saturated carbocycles. The number of nitrogens with zero attached hydrogens (tertiary/aromatic N) is 5. The van der Waals surface area contributed by atoms with E-state index in [9.17, 15) is 0 Å². The number of aryl methyl sites for hydroxylation is 1. The third kappa shape index (κ3) is 3.45. The third-order valence-corrected chi connectivity index (χ3v) is 3.64. The van der Waals surface area contributed by atoms with E-state index in [1.54, 1.807) is 11.0 Å². The van der Waals surface area contributed by atoms with E-state index < -0.39 is 0 Å². The standard InChI is InChI=1S/C14H24N6/c1-11(2)19(3)8-6-5-7-15-13-12-9-18-20(4)14(12)17-10-16-13/h9-11H,5-8H2,1-4H3,(H,15,16,17). The molecule has 0 unspecified atom stereocenters. The summed E-state index contributed by atoms with van der Waals surface area (Å²) < 4.78 is 1.76. The Morgan fingerprint density at radius 2 is 2.10 bits per heavy atom. The fourth-order valence-corrected chi connectivity index (χ4v) is 2.05. The van der Waals surface area contributed by atoms with E-state index in [0.29, 0.717) is 6.04 Å². The largest absolute Gasteiger partial charge is 0.369 e. The molecule has 1 N–H and O–H groups in total. The van der Waals surface area contributed by atoms with Crippen molar-refractivity contribution < 1.29 is 0 Å². The Hall–Kier alpha value is -1.69. The van der Waals surface area contributed by atoms with Crippen LogP contribution in [0.25, 0.3) is 11.0 Å². The van der Waals surface area contributed by atoms with Gasteiger partial charge in [-0.05, 0) is 40.3 Å². The van der Waals surface area contributed by atoms with Crippen LogP contribution in [0.4, 0.5) is 5.82 Å². The molecule has 0 bridgehead atoms. The van der Waals surface area contributed by atoms with E-state index in [4.69, 9.17) is 0 Å². The van der Waals surface area contributed by atoms with Gasteiger partial charge in [0.2, 0.25) is 0 Å². The van der Waals surface area contributed by atoms with E-state index in [0.717, 1.165) is 36.4 Å². The van der Waals surface area contributed by atoms with Gasteiger partial charge in [-0.15, -0.1) is 0 Å². The number of fused-ring (bicyclic) bond motifs is 1.